The van der Waals surface area contributed by atoms with Crippen LogP contribution in [-0.2, 0) is 5.88 Å². The third-order valence-corrected chi connectivity index (χ3v) is 3.40. The average molecular weight is 306 g/mol. The van der Waals surface area contributed by atoms with Crippen molar-refractivity contribution in [2.45, 2.75) is 12.8 Å². The molecule has 0 fully saturated rings. The van der Waals surface area contributed by atoms with E-state index in [0.29, 0.717) is 28.6 Å². The van der Waals surface area contributed by atoms with E-state index >= 15 is 0 Å². The van der Waals surface area contributed by atoms with Gasteiger partial charge in [-0.05, 0) is 36.8 Å². The minimum absolute atomic E-state index is 0.203. The van der Waals surface area contributed by atoms with Crippen LogP contribution in [0.3, 0.4) is 0 Å². The number of methoxy groups -OCH3 is 1. The van der Waals surface area contributed by atoms with Crippen LogP contribution >= 0.6 is 11.6 Å². The fourth-order valence-corrected chi connectivity index (χ4v) is 2.49. The van der Waals surface area contributed by atoms with Gasteiger partial charge in [0.25, 0.3) is 0 Å². The van der Waals surface area contributed by atoms with Gasteiger partial charge in [-0.3, -0.25) is 4.57 Å². The van der Waals surface area contributed by atoms with Crippen molar-refractivity contribution >= 4 is 22.8 Å². The van der Waals surface area contributed by atoms with Crippen LogP contribution in [0.4, 0.5) is 4.39 Å². The Hall–Kier alpha value is -2.14. The number of rotatable bonds is 3. The van der Waals surface area contributed by atoms with E-state index in [9.17, 15) is 4.39 Å². The zero-order valence-electron chi connectivity index (χ0n) is 11.6. The predicted molar refractivity (Wildman–Crippen MR) is 79.7 cm³/mol. The fraction of sp³-hybridized carbons (Fsp3) is 0.200. The summed E-state index contributed by atoms with van der Waals surface area (Å²) in [5.74, 6) is 0.972. The smallest absolute Gasteiger partial charge is 0.215 e. The molecule has 0 aliphatic carbocycles. The van der Waals surface area contributed by atoms with Gasteiger partial charge in [-0.2, -0.15) is 4.98 Å². The van der Waals surface area contributed by atoms with Crippen molar-refractivity contribution in [3.05, 3.63) is 47.5 Å². The maximum absolute atomic E-state index is 13.7. The van der Waals surface area contributed by atoms with Crippen molar-refractivity contribution in [2.75, 3.05) is 7.11 Å². The van der Waals surface area contributed by atoms with Crippen molar-refractivity contribution in [1.29, 1.82) is 0 Å². The number of nitrogens with zero attached hydrogens (tertiary/aromatic N) is 3. The van der Waals surface area contributed by atoms with E-state index in [1.807, 2.05) is 13.0 Å². The van der Waals surface area contributed by atoms with Crippen molar-refractivity contribution in [2.24, 2.45) is 0 Å². The molecular weight excluding hydrogens is 293 g/mol. The number of pyridine rings is 1. The molecule has 0 unspecified atom stereocenters. The van der Waals surface area contributed by atoms with E-state index in [-0.39, 0.29) is 11.7 Å². The summed E-state index contributed by atoms with van der Waals surface area (Å²) in [6.07, 6.45) is 0. The second kappa shape index (κ2) is 5.33. The lowest BCUT2D eigenvalue weighted by Gasteiger charge is -2.09. The van der Waals surface area contributed by atoms with Crippen LogP contribution in [0.2, 0.25) is 0 Å². The number of fused-ring (bicyclic) bond motifs is 1. The van der Waals surface area contributed by atoms with E-state index in [4.69, 9.17) is 16.3 Å². The molecule has 0 saturated heterocycles. The van der Waals surface area contributed by atoms with Gasteiger partial charge < -0.3 is 4.74 Å². The van der Waals surface area contributed by atoms with Gasteiger partial charge >= 0.3 is 0 Å². The van der Waals surface area contributed by atoms with Crippen molar-refractivity contribution < 1.29 is 9.13 Å². The maximum atomic E-state index is 13.7. The highest BCUT2D eigenvalue weighted by Gasteiger charge is 2.14. The molecule has 1 aromatic carbocycles. The first-order valence-electron chi connectivity index (χ1n) is 6.38. The molecule has 108 valence electrons. The second-order valence-corrected chi connectivity index (χ2v) is 4.95. The van der Waals surface area contributed by atoms with Crippen molar-refractivity contribution in [3.8, 4) is 11.6 Å². The lowest BCUT2D eigenvalue weighted by molar-refractivity contribution is 0.399. The molecule has 0 N–H and O–H groups in total. The highest BCUT2D eigenvalue weighted by atomic mass is 35.5. The molecule has 2 heterocycles. The molecule has 0 radical (unpaired) electrons. The van der Waals surface area contributed by atoms with E-state index in [1.165, 1.54) is 12.1 Å². The molecular formula is C15H13ClFN3O. The lowest BCUT2D eigenvalue weighted by Crippen LogP contribution is -2.02. The number of hydrogen-bond acceptors (Lipinski definition) is 3. The standard InChI is InChI=1S/C15H13ClFN3O/c1-9-5-10(17)7-11(6-9)20-13(8-16)18-12-3-4-14(21-2)19-15(12)20/h3-7H,8H2,1-2H3. The van der Waals surface area contributed by atoms with Crippen LogP contribution in [0.25, 0.3) is 16.9 Å². The second-order valence-electron chi connectivity index (χ2n) is 4.68. The van der Waals surface area contributed by atoms with E-state index in [0.717, 1.165) is 5.56 Å². The third kappa shape index (κ3) is 2.45. The van der Waals surface area contributed by atoms with E-state index in [2.05, 4.69) is 9.97 Å². The van der Waals surface area contributed by atoms with Crippen LogP contribution in [0, 0.1) is 12.7 Å². The molecule has 0 amide bonds. The Kier molecular flexibility index (Phi) is 3.51. The summed E-state index contributed by atoms with van der Waals surface area (Å²) < 4.78 is 20.6. The summed E-state index contributed by atoms with van der Waals surface area (Å²) in [6, 6.07) is 8.30. The van der Waals surface area contributed by atoms with Crippen molar-refractivity contribution in [1.82, 2.24) is 14.5 Å². The fourth-order valence-electron chi connectivity index (χ4n) is 2.31. The van der Waals surface area contributed by atoms with E-state index in [1.54, 1.807) is 23.8 Å². The van der Waals surface area contributed by atoms with Gasteiger partial charge in [-0.25, -0.2) is 9.37 Å². The molecule has 0 spiro atoms. The summed E-state index contributed by atoms with van der Waals surface area (Å²) in [5, 5.41) is 0. The summed E-state index contributed by atoms with van der Waals surface area (Å²) in [6.45, 7) is 1.83. The number of alkyl halides is 1. The molecule has 6 heteroatoms. The highest BCUT2D eigenvalue weighted by molar-refractivity contribution is 6.16. The minimum Gasteiger partial charge on any atom is -0.481 e. The molecule has 4 nitrogen and oxygen atoms in total. The average Bonchev–Trinajstić information content (AvgIpc) is 2.83. The zero-order valence-corrected chi connectivity index (χ0v) is 12.4. The number of ether oxygens (including phenoxy) is 1. The molecule has 0 aliphatic rings. The van der Waals surface area contributed by atoms with Crippen LogP contribution in [0.1, 0.15) is 11.4 Å². The Labute approximate surface area is 126 Å². The Morgan fingerprint density at radius 1 is 1.24 bits per heavy atom. The zero-order chi connectivity index (χ0) is 15.0. The number of halogens is 2. The molecule has 3 rings (SSSR count). The van der Waals surface area contributed by atoms with Gasteiger partial charge in [-0.1, -0.05) is 0 Å². The number of hydrogen-bond donors (Lipinski definition) is 0. The molecule has 0 saturated carbocycles. The molecule has 3 aromatic rings. The van der Waals surface area contributed by atoms with Gasteiger partial charge in [-0.15, -0.1) is 11.6 Å². The summed E-state index contributed by atoms with van der Waals surface area (Å²) in [5.41, 5.74) is 2.74. The summed E-state index contributed by atoms with van der Waals surface area (Å²) in [4.78, 5) is 8.83. The van der Waals surface area contributed by atoms with Crippen LogP contribution in [0.5, 0.6) is 5.88 Å². The topological polar surface area (TPSA) is 39.9 Å². The predicted octanol–water partition coefficient (Wildman–Crippen LogP) is 3.62. The molecule has 0 atom stereocenters. The number of imidazole rings is 1. The van der Waals surface area contributed by atoms with Gasteiger partial charge in [0.2, 0.25) is 5.88 Å². The molecule has 0 aliphatic heterocycles. The Morgan fingerprint density at radius 3 is 2.71 bits per heavy atom. The summed E-state index contributed by atoms with van der Waals surface area (Å²) >= 11 is 5.97. The molecule has 21 heavy (non-hydrogen) atoms. The largest absolute Gasteiger partial charge is 0.481 e. The van der Waals surface area contributed by atoms with Gasteiger partial charge in [0.05, 0.1) is 18.7 Å². The number of aromatic nitrogens is 3. The molecule has 0 bridgehead atoms. The number of aryl methyl sites for hydroxylation is 1. The van der Waals surface area contributed by atoms with Crippen LogP contribution < -0.4 is 4.74 Å². The van der Waals surface area contributed by atoms with E-state index < -0.39 is 0 Å². The first-order chi connectivity index (χ1) is 10.1. The Bertz CT molecular complexity index is 796. The quantitative estimate of drug-likeness (QED) is 0.694. The first kappa shape index (κ1) is 13.8. The maximum Gasteiger partial charge on any atom is 0.215 e. The number of benzene rings is 1. The lowest BCUT2D eigenvalue weighted by atomic mass is 10.2. The van der Waals surface area contributed by atoms with Gasteiger partial charge in [0.1, 0.15) is 17.2 Å². The van der Waals surface area contributed by atoms with Crippen LogP contribution in [0.15, 0.2) is 30.3 Å². The highest BCUT2D eigenvalue weighted by Crippen LogP contribution is 2.24. The van der Waals surface area contributed by atoms with Crippen LogP contribution in [-0.4, -0.2) is 21.6 Å². The normalized spacial score (nSPS) is 11.0. The molecule has 2 aromatic heterocycles. The minimum atomic E-state index is -0.310. The van der Waals surface area contributed by atoms with Gasteiger partial charge in [0, 0.05) is 6.07 Å². The van der Waals surface area contributed by atoms with Crippen molar-refractivity contribution in [3.63, 3.8) is 0 Å². The first-order valence-corrected chi connectivity index (χ1v) is 6.91. The van der Waals surface area contributed by atoms with Gasteiger partial charge in [0.15, 0.2) is 5.65 Å². The SMILES string of the molecule is COc1ccc2nc(CCl)n(-c3cc(C)cc(F)c3)c2n1. The Morgan fingerprint density at radius 2 is 2.05 bits per heavy atom. The third-order valence-electron chi connectivity index (χ3n) is 3.16. The Balaban J connectivity index is 2.32. The summed E-state index contributed by atoms with van der Waals surface area (Å²) in [7, 11) is 1.55. The monoisotopic (exact) mass is 305 g/mol.